The zero-order chi connectivity index (χ0) is 24.2. The number of hydrogen-bond acceptors (Lipinski definition) is 2. The Morgan fingerprint density at radius 3 is 2.15 bits per heavy atom. The topological polar surface area (TPSA) is 57.5 Å². The van der Waals surface area contributed by atoms with E-state index < -0.39 is 11.4 Å². The molecule has 5 aliphatic rings. The lowest BCUT2D eigenvalue weighted by molar-refractivity contribution is -0.248. The maximum absolute atomic E-state index is 12.8. The van der Waals surface area contributed by atoms with Crippen LogP contribution in [0.4, 0.5) is 0 Å². The van der Waals surface area contributed by atoms with Crippen molar-refractivity contribution in [1.82, 2.24) is 0 Å². The van der Waals surface area contributed by atoms with Crippen LogP contribution in [0.5, 0.6) is 0 Å². The first kappa shape index (κ1) is 23.9. The van der Waals surface area contributed by atoms with Crippen LogP contribution in [0.25, 0.3) is 0 Å². The third-order valence-electron chi connectivity index (χ3n) is 13.5. The molecule has 5 rings (SSSR count). The van der Waals surface area contributed by atoms with E-state index in [0.717, 1.165) is 38.5 Å². The van der Waals surface area contributed by atoms with E-state index in [0.29, 0.717) is 23.7 Å². The lowest BCUT2D eigenvalue weighted by atomic mass is 9.32. The van der Waals surface area contributed by atoms with Crippen LogP contribution in [0.15, 0.2) is 12.2 Å². The molecule has 2 N–H and O–H groups in total. The molecule has 33 heavy (non-hydrogen) atoms. The number of carboxylic acid groups (broad SMARTS) is 1. The Kier molecular flexibility index (Phi) is 5.15. The standard InChI is InChI=1S/C30H48O3/c1-18(2)19-10-15-30(25(32)33)17-16-28(6)20(24(19)30)8-9-22-27(5)13-12-23(31)26(3,4)21(27)11-14-29(22,28)7/h19-24,31H,1,8-17H2,2-7H3,(H,32,33)/t19-,20?,21?,22?,23-,24?,27-,28?,29+,30-/m0/s1. The number of carbonyl (C=O) groups is 1. The van der Waals surface area contributed by atoms with Gasteiger partial charge in [-0.1, -0.05) is 46.8 Å². The second-order valence-electron chi connectivity index (χ2n) is 14.5. The molecular weight excluding hydrogens is 408 g/mol. The van der Waals surface area contributed by atoms with Gasteiger partial charge in [0, 0.05) is 0 Å². The summed E-state index contributed by atoms with van der Waals surface area (Å²) < 4.78 is 0. The van der Waals surface area contributed by atoms with Gasteiger partial charge in [-0.2, -0.15) is 0 Å². The number of rotatable bonds is 2. The average molecular weight is 457 g/mol. The van der Waals surface area contributed by atoms with Crippen molar-refractivity contribution in [3.8, 4) is 0 Å². The van der Waals surface area contributed by atoms with Crippen LogP contribution in [0.1, 0.15) is 106 Å². The number of aliphatic carboxylic acids is 1. The Morgan fingerprint density at radius 1 is 0.818 bits per heavy atom. The molecule has 3 nitrogen and oxygen atoms in total. The van der Waals surface area contributed by atoms with E-state index in [1.54, 1.807) is 0 Å². The fourth-order valence-corrected chi connectivity index (χ4v) is 11.5. The Hall–Kier alpha value is -0.830. The summed E-state index contributed by atoms with van der Waals surface area (Å²) in [5.74, 6) is 1.79. The number of aliphatic hydroxyl groups is 1. The SMILES string of the molecule is C=C(C)[C@@H]1CC[C@]2(C(=O)O)CCC3(C)C(CCC4[C@@]5(C)CC[C@H](O)C(C)(C)C5CC[C@]43C)C12. The first-order valence-corrected chi connectivity index (χ1v) is 13.8. The predicted molar refractivity (Wildman–Crippen MR) is 133 cm³/mol. The smallest absolute Gasteiger partial charge is 0.309 e. The minimum absolute atomic E-state index is 0.0202. The molecule has 0 saturated heterocycles. The zero-order valence-corrected chi connectivity index (χ0v) is 22.0. The van der Waals surface area contributed by atoms with Crippen molar-refractivity contribution in [2.75, 3.05) is 0 Å². The maximum atomic E-state index is 12.8. The van der Waals surface area contributed by atoms with Crippen molar-refractivity contribution in [2.24, 2.45) is 56.7 Å². The van der Waals surface area contributed by atoms with Crippen molar-refractivity contribution in [3.63, 3.8) is 0 Å². The first-order chi connectivity index (χ1) is 15.3. The summed E-state index contributed by atoms with van der Waals surface area (Å²) in [5.41, 5.74) is 1.35. The second-order valence-corrected chi connectivity index (χ2v) is 14.5. The van der Waals surface area contributed by atoms with Gasteiger partial charge in [0.2, 0.25) is 0 Å². The molecular formula is C30H48O3. The quantitative estimate of drug-likeness (QED) is 0.436. The second kappa shape index (κ2) is 7.11. The molecule has 5 fully saturated rings. The van der Waals surface area contributed by atoms with Gasteiger partial charge in [-0.05, 0) is 122 Å². The number of carboxylic acids is 1. The van der Waals surface area contributed by atoms with Gasteiger partial charge in [-0.15, -0.1) is 0 Å². The Morgan fingerprint density at radius 2 is 1.52 bits per heavy atom. The molecule has 10 atom stereocenters. The van der Waals surface area contributed by atoms with E-state index in [4.69, 9.17) is 0 Å². The van der Waals surface area contributed by atoms with Crippen molar-refractivity contribution in [3.05, 3.63) is 12.2 Å². The van der Waals surface area contributed by atoms with Crippen LogP contribution in [0.3, 0.4) is 0 Å². The molecule has 5 saturated carbocycles. The normalized spacial score (nSPS) is 55.0. The third-order valence-corrected chi connectivity index (χ3v) is 13.5. The molecule has 0 bridgehead atoms. The van der Waals surface area contributed by atoms with Crippen molar-refractivity contribution in [2.45, 2.75) is 112 Å². The highest BCUT2D eigenvalue weighted by molar-refractivity contribution is 5.76. The third kappa shape index (κ3) is 2.75. The summed E-state index contributed by atoms with van der Waals surface area (Å²) in [7, 11) is 0. The van der Waals surface area contributed by atoms with Crippen molar-refractivity contribution < 1.29 is 15.0 Å². The summed E-state index contributed by atoms with van der Waals surface area (Å²) in [6, 6.07) is 0. The fourth-order valence-electron chi connectivity index (χ4n) is 11.5. The van der Waals surface area contributed by atoms with Gasteiger partial charge in [0.15, 0.2) is 0 Å². The number of allylic oxidation sites excluding steroid dienone is 1. The highest BCUT2D eigenvalue weighted by atomic mass is 16.4. The Balaban J connectivity index is 1.57. The van der Waals surface area contributed by atoms with Gasteiger partial charge >= 0.3 is 5.97 Å². The molecule has 5 aliphatic carbocycles. The summed E-state index contributed by atoms with van der Waals surface area (Å²) in [6.45, 7) is 18.8. The molecule has 0 amide bonds. The largest absolute Gasteiger partial charge is 0.481 e. The van der Waals surface area contributed by atoms with E-state index in [2.05, 4.69) is 48.1 Å². The molecule has 0 aromatic carbocycles. The highest BCUT2D eigenvalue weighted by Crippen LogP contribution is 2.77. The minimum Gasteiger partial charge on any atom is -0.481 e. The van der Waals surface area contributed by atoms with Crippen molar-refractivity contribution in [1.29, 1.82) is 0 Å². The van der Waals surface area contributed by atoms with Gasteiger partial charge in [0.1, 0.15) is 0 Å². The lowest BCUT2D eigenvalue weighted by Gasteiger charge is -2.72. The molecule has 0 aliphatic heterocycles. The summed E-state index contributed by atoms with van der Waals surface area (Å²) in [6.07, 6.45) is 10.5. The summed E-state index contributed by atoms with van der Waals surface area (Å²) >= 11 is 0. The van der Waals surface area contributed by atoms with E-state index in [-0.39, 0.29) is 33.7 Å². The van der Waals surface area contributed by atoms with E-state index in [1.165, 1.54) is 31.3 Å². The van der Waals surface area contributed by atoms with Gasteiger partial charge in [0.05, 0.1) is 11.5 Å². The van der Waals surface area contributed by atoms with Crippen LogP contribution in [0, 0.1) is 56.7 Å². The van der Waals surface area contributed by atoms with E-state index >= 15 is 0 Å². The highest BCUT2D eigenvalue weighted by Gasteiger charge is 2.71. The molecule has 0 radical (unpaired) electrons. The molecule has 0 aromatic heterocycles. The number of hydrogen-bond donors (Lipinski definition) is 2. The van der Waals surface area contributed by atoms with Crippen LogP contribution in [-0.2, 0) is 4.79 Å². The Bertz CT molecular complexity index is 861. The minimum atomic E-state index is -0.538. The predicted octanol–water partition coefficient (Wildman–Crippen LogP) is 7.09. The Labute approximate surface area is 201 Å². The molecule has 186 valence electrons. The van der Waals surface area contributed by atoms with Gasteiger partial charge < -0.3 is 10.2 Å². The fraction of sp³-hybridized carbons (Fsp3) is 0.900. The maximum Gasteiger partial charge on any atom is 0.309 e. The number of aliphatic hydroxyl groups excluding tert-OH is 1. The molecule has 0 heterocycles. The van der Waals surface area contributed by atoms with Crippen LogP contribution in [-0.4, -0.2) is 22.3 Å². The van der Waals surface area contributed by atoms with E-state index in [1.807, 2.05) is 0 Å². The van der Waals surface area contributed by atoms with Gasteiger partial charge in [-0.3, -0.25) is 4.79 Å². The zero-order valence-electron chi connectivity index (χ0n) is 22.0. The van der Waals surface area contributed by atoms with Crippen LogP contribution >= 0.6 is 0 Å². The van der Waals surface area contributed by atoms with Crippen molar-refractivity contribution >= 4 is 5.97 Å². The first-order valence-electron chi connectivity index (χ1n) is 13.8. The summed E-state index contributed by atoms with van der Waals surface area (Å²) in [4.78, 5) is 12.8. The molecule has 3 heteroatoms. The monoisotopic (exact) mass is 456 g/mol. The van der Waals surface area contributed by atoms with Crippen LogP contribution < -0.4 is 0 Å². The van der Waals surface area contributed by atoms with Gasteiger partial charge in [0.25, 0.3) is 0 Å². The van der Waals surface area contributed by atoms with Crippen LogP contribution in [0.2, 0.25) is 0 Å². The molecule has 0 aromatic rings. The average Bonchev–Trinajstić information content (AvgIpc) is 3.13. The summed E-state index contributed by atoms with van der Waals surface area (Å²) in [5, 5.41) is 21.4. The molecule has 5 unspecified atom stereocenters. The lowest BCUT2D eigenvalue weighted by Crippen LogP contribution is -2.67. The number of fused-ring (bicyclic) bond motifs is 7. The van der Waals surface area contributed by atoms with Gasteiger partial charge in [-0.25, -0.2) is 0 Å². The molecule has 0 spiro atoms. The van der Waals surface area contributed by atoms with E-state index in [9.17, 15) is 15.0 Å².